The fourth-order valence-electron chi connectivity index (χ4n) is 3.99. The van der Waals surface area contributed by atoms with Crippen molar-refractivity contribution < 1.29 is 13.2 Å². The molecule has 1 aromatic heterocycles. The van der Waals surface area contributed by atoms with Gasteiger partial charge in [-0.05, 0) is 42.8 Å². The molecule has 0 aliphatic carbocycles. The summed E-state index contributed by atoms with van der Waals surface area (Å²) in [5, 5.41) is 2.07. The van der Waals surface area contributed by atoms with Gasteiger partial charge in [0, 0.05) is 24.5 Å². The van der Waals surface area contributed by atoms with Crippen LogP contribution in [-0.2, 0) is 21.4 Å². The Kier molecular flexibility index (Phi) is 4.92. The molecule has 0 unspecified atom stereocenters. The van der Waals surface area contributed by atoms with E-state index in [2.05, 4.69) is 11.4 Å². The van der Waals surface area contributed by atoms with Crippen molar-refractivity contribution in [1.29, 1.82) is 0 Å². The molecule has 1 aromatic carbocycles. The predicted octanol–water partition coefficient (Wildman–Crippen LogP) is 3.05. The normalized spacial score (nSPS) is 28.0. The number of thiophene rings is 1. The summed E-state index contributed by atoms with van der Waals surface area (Å²) in [6, 6.07) is 11.8. The first-order chi connectivity index (χ1) is 12.5. The van der Waals surface area contributed by atoms with Gasteiger partial charge in [-0.15, -0.1) is 11.3 Å². The number of hydrogen-bond donors (Lipinski definition) is 0. The highest BCUT2D eigenvalue weighted by Crippen LogP contribution is 2.40. The van der Waals surface area contributed by atoms with Gasteiger partial charge < -0.3 is 4.74 Å². The summed E-state index contributed by atoms with van der Waals surface area (Å²) in [4.78, 5) is 1.29. The molecular weight excluding hydrogens is 368 g/mol. The van der Waals surface area contributed by atoms with Crippen molar-refractivity contribution in [3.63, 3.8) is 0 Å². The van der Waals surface area contributed by atoms with Gasteiger partial charge in [-0.2, -0.15) is 17.0 Å². The van der Waals surface area contributed by atoms with Gasteiger partial charge in [0.2, 0.25) is 0 Å². The average molecular weight is 393 g/mol. The lowest BCUT2D eigenvalue weighted by Crippen LogP contribution is -2.54. The molecule has 3 heterocycles. The summed E-state index contributed by atoms with van der Waals surface area (Å²) in [6.07, 6.45) is 0.584. The van der Waals surface area contributed by atoms with Crippen molar-refractivity contribution in [2.75, 3.05) is 19.6 Å². The van der Waals surface area contributed by atoms with Crippen molar-refractivity contribution in [2.24, 2.45) is 0 Å². The lowest BCUT2D eigenvalue weighted by Gasteiger charge is -2.41. The topological polar surface area (TPSA) is 49.9 Å². The van der Waals surface area contributed by atoms with Crippen molar-refractivity contribution in [2.45, 2.75) is 38.5 Å². The number of fused-ring (bicyclic) bond motifs is 1. The maximum Gasteiger partial charge on any atom is 0.283 e. The van der Waals surface area contributed by atoms with Crippen LogP contribution < -0.4 is 0 Å². The van der Waals surface area contributed by atoms with Crippen LogP contribution in [0.25, 0.3) is 0 Å². The molecule has 0 radical (unpaired) electrons. The van der Waals surface area contributed by atoms with Crippen LogP contribution in [0.5, 0.6) is 0 Å². The summed E-state index contributed by atoms with van der Waals surface area (Å²) in [5.74, 6) is 0. The maximum absolute atomic E-state index is 13.5. The van der Waals surface area contributed by atoms with E-state index >= 15 is 0 Å². The smallest absolute Gasteiger partial charge is 0.283 e. The molecule has 0 spiro atoms. The predicted molar refractivity (Wildman–Crippen MR) is 104 cm³/mol. The van der Waals surface area contributed by atoms with Gasteiger partial charge in [-0.1, -0.05) is 30.3 Å². The lowest BCUT2D eigenvalue weighted by molar-refractivity contribution is -0.0457. The highest BCUT2D eigenvalue weighted by molar-refractivity contribution is 7.86. The zero-order valence-corrected chi connectivity index (χ0v) is 16.7. The third-order valence-electron chi connectivity index (χ3n) is 5.05. The Bertz CT molecular complexity index is 856. The minimum Gasteiger partial charge on any atom is -0.373 e. The molecule has 0 saturated carbocycles. The van der Waals surface area contributed by atoms with Crippen LogP contribution in [0.1, 0.15) is 35.9 Å². The van der Waals surface area contributed by atoms with Crippen LogP contribution in [0.4, 0.5) is 0 Å². The Morgan fingerprint density at radius 1 is 1.08 bits per heavy atom. The first kappa shape index (κ1) is 18.1. The first-order valence-corrected chi connectivity index (χ1v) is 11.3. The van der Waals surface area contributed by atoms with Crippen LogP contribution in [-0.4, -0.2) is 48.9 Å². The zero-order chi connectivity index (χ0) is 18.3. The Balaban J connectivity index is 1.74. The van der Waals surface area contributed by atoms with Gasteiger partial charge in [-0.25, -0.2) is 0 Å². The van der Waals surface area contributed by atoms with Gasteiger partial charge in [-0.3, -0.25) is 0 Å². The second kappa shape index (κ2) is 7.05. The van der Waals surface area contributed by atoms with E-state index < -0.39 is 10.2 Å². The molecule has 26 heavy (non-hydrogen) atoms. The standard InChI is InChI=1S/C19H24N2O3S2/c1-14-12-20(13-15(2)24-14)26(22,23)21-10-8-18-17(9-11-25-18)19(21)16-6-4-3-5-7-16/h3-7,9,11,14-15,19H,8,10,12-13H2,1-2H3/t14-,15+,19-/m0/s1. The second-order valence-electron chi connectivity index (χ2n) is 7.06. The number of benzene rings is 1. The third kappa shape index (κ3) is 3.23. The van der Waals surface area contributed by atoms with E-state index in [0.717, 1.165) is 17.5 Å². The fraction of sp³-hybridized carbons (Fsp3) is 0.474. The van der Waals surface area contributed by atoms with Gasteiger partial charge >= 0.3 is 0 Å². The summed E-state index contributed by atoms with van der Waals surface area (Å²) in [6.45, 7) is 5.18. The average Bonchev–Trinajstić information content (AvgIpc) is 3.09. The number of rotatable bonds is 3. The summed E-state index contributed by atoms with van der Waals surface area (Å²) >= 11 is 1.72. The molecule has 5 nitrogen and oxygen atoms in total. The number of nitrogens with zero attached hydrogens (tertiary/aromatic N) is 2. The zero-order valence-electron chi connectivity index (χ0n) is 15.0. The quantitative estimate of drug-likeness (QED) is 0.807. The largest absolute Gasteiger partial charge is 0.373 e. The van der Waals surface area contributed by atoms with Crippen molar-refractivity contribution in [3.05, 3.63) is 57.8 Å². The molecule has 2 aliphatic rings. The Labute approximate surface area is 159 Å². The molecule has 2 aromatic rings. The molecule has 0 bridgehead atoms. The highest BCUT2D eigenvalue weighted by atomic mass is 32.2. The molecule has 1 fully saturated rings. The SMILES string of the molecule is C[C@@H]1CN(S(=O)(=O)N2CCc3sccc3[C@@H]2c2ccccc2)C[C@H](C)O1. The third-order valence-corrected chi connectivity index (χ3v) is 7.98. The Morgan fingerprint density at radius 3 is 2.46 bits per heavy atom. The molecular formula is C19H24N2O3S2. The minimum absolute atomic E-state index is 0.0924. The van der Waals surface area contributed by atoms with Crippen LogP contribution in [0.15, 0.2) is 41.8 Å². The van der Waals surface area contributed by atoms with E-state index in [1.165, 1.54) is 4.88 Å². The molecule has 0 N–H and O–H groups in total. The van der Waals surface area contributed by atoms with E-state index in [0.29, 0.717) is 19.6 Å². The van der Waals surface area contributed by atoms with E-state index in [1.807, 2.05) is 44.2 Å². The number of ether oxygens (including phenoxy) is 1. The van der Waals surface area contributed by atoms with Crippen LogP contribution in [0, 0.1) is 0 Å². The summed E-state index contributed by atoms with van der Waals surface area (Å²) in [5.41, 5.74) is 2.13. The molecule has 3 atom stereocenters. The van der Waals surface area contributed by atoms with Gasteiger partial charge in [0.1, 0.15) is 0 Å². The van der Waals surface area contributed by atoms with Crippen LogP contribution >= 0.6 is 11.3 Å². The number of hydrogen-bond acceptors (Lipinski definition) is 4. The molecule has 4 rings (SSSR count). The van der Waals surface area contributed by atoms with Gasteiger partial charge in [0.15, 0.2) is 0 Å². The first-order valence-electron chi connectivity index (χ1n) is 9.00. The van der Waals surface area contributed by atoms with Crippen LogP contribution in [0.3, 0.4) is 0 Å². The lowest BCUT2D eigenvalue weighted by atomic mass is 9.95. The van der Waals surface area contributed by atoms with Crippen molar-refractivity contribution in [1.82, 2.24) is 8.61 Å². The van der Waals surface area contributed by atoms with Crippen molar-refractivity contribution >= 4 is 21.5 Å². The molecule has 1 saturated heterocycles. The highest BCUT2D eigenvalue weighted by Gasteiger charge is 2.42. The Hall–Kier alpha value is -1.25. The van der Waals surface area contributed by atoms with E-state index in [9.17, 15) is 8.42 Å². The fourth-order valence-corrected chi connectivity index (χ4v) is 6.81. The van der Waals surface area contributed by atoms with Gasteiger partial charge in [0.25, 0.3) is 10.2 Å². The number of morpholine rings is 1. The maximum atomic E-state index is 13.5. The molecule has 7 heteroatoms. The minimum atomic E-state index is -3.58. The van der Waals surface area contributed by atoms with Crippen LogP contribution in [0.2, 0.25) is 0 Å². The Morgan fingerprint density at radius 2 is 1.77 bits per heavy atom. The van der Waals surface area contributed by atoms with Crippen molar-refractivity contribution in [3.8, 4) is 0 Å². The summed E-state index contributed by atoms with van der Waals surface area (Å²) < 4.78 is 36.1. The van der Waals surface area contributed by atoms with E-state index in [-0.39, 0.29) is 18.2 Å². The molecule has 2 aliphatic heterocycles. The molecule has 140 valence electrons. The van der Waals surface area contributed by atoms with E-state index in [1.54, 1.807) is 19.9 Å². The monoisotopic (exact) mass is 392 g/mol. The summed E-state index contributed by atoms with van der Waals surface area (Å²) in [7, 11) is -3.58. The van der Waals surface area contributed by atoms with Gasteiger partial charge in [0.05, 0.1) is 18.2 Å². The van der Waals surface area contributed by atoms with E-state index in [4.69, 9.17) is 4.74 Å². The molecule has 0 amide bonds. The second-order valence-corrected chi connectivity index (χ2v) is 9.94.